The van der Waals surface area contributed by atoms with E-state index in [2.05, 4.69) is 55.6 Å². The molecule has 0 saturated carbocycles. The molecule has 0 aromatic carbocycles. The number of nitrogens with one attached hydrogen (secondary N) is 1. The van der Waals surface area contributed by atoms with Gasteiger partial charge in [-0.05, 0) is 51.4 Å². The zero-order valence-corrected chi connectivity index (χ0v) is 39.4. The number of hydrogen-bond acceptors (Lipinski definition) is 8. The average molecular weight is 864 g/mol. The lowest BCUT2D eigenvalue weighted by Gasteiger charge is -2.40. The van der Waals surface area contributed by atoms with Crippen molar-refractivity contribution < 1.29 is 39.8 Å². The molecule has 9 heteroatoms. The van der Waals surface area contributed by atoms with Gasteiger partial charge in [-0.2, -0.15) is 0 Å². The molecule has 0 spiro atoms. The molecule has 1 aliphatic rings. The lowest BCUT2D eigenvalue weighted by Crippen LogP contribution is -2.60. The number of carbonyl (C=O) groups excluding carboxylic acids is 1. The average Bonchev–Trinajstić information content (AvgIpc) is 3.26. The third kappa shape index (κ3) is 32.7. The Hall–Kier alpha value is -1.59. The monoisotopic (exact) mass is 864 g/mol. The fraction of sp³-hybridized carbons (Fsp3) is 0.865. The van der Waals surface area contributed by atoms with Crippen LogP contribution in [-0.4, -0.2) is 87.5 Å². The maximum Gasteiger partial charge on any atom is 0.220 e. The van der Waals surface area contributed by atoms with Gasteiger partial charge in [0.2, 0.25) is 5.91 Å². The van der Waals surface area contributed by atoms with Crippen LogP contribution in [0.1, 0.15) is 232 Å². The van der Waals surface area contributed by atoms with Crippen molar-refractivity contribution in [3.8, 4) is 0 Å². The molecule has 6 N–H and O–H groups in total. The lowest BCUT2D eigenvalue weighted by atomic mass is 9.99. The van der Waals surface area contributed by atoms with E-state index in [9.17, 15) is 30.3 Å². The number of aliphatic hydroxyl groups is 5. The fourth-order valence-corrected chi connectivity index (χ4v) is 8.11. The lowest BCUT2D eigenvalue weighted by molar-refractivity contribution is -0.302. The van der Waals surface area contributed by atoms with Crippen LogP contribution in [0.2, 0.25) is 0 Å². The van der Waals surface area contributed by atoms with Crippen molar-refractivity contribution in [3.05, 3.63) is 36.5 Å². The molecule has 61 heavy (non-hydrogen) atoms. The van der Waals surface area contributed by atoms with Crippen LogP contribution in [0, 0.1) is 0 Å². The molecule has 0 radical (unpaired) electrons. The summed E-state index contributed by atoms with van der Waals surface area (Å²) in [6, 6.07) is -0.720. The molecular formula is C52H97NO8. The summed E-state index contributed by atoms with van der Waals surface area (Å²) < 4.78 is 11.3. The predicted molar refractivity (Wildman–Crippen MR) is 253 cm³/mol. The number of aliphatic hydroxyl groups excluding tert-OH is 5. The molecular weight excluding hydrogens is 767 g/mol. The summed E-state index contributed by atoms with van der Waals surface area (Å²) in [5.41, 5.74) is 0. The van der Waals surface area contributed by atoms with Gasteiger partial charge in [0.15, 0.2) is 6.29 Å². The molecule has 0 bridgehead atoms. The van der Waals surface area contributed by atoms with Crippen molar-refractivity contribution in [2.24, 2.45) is 0 Å². The first kappa shape index (κ1) is 57.4. The molecule has 7 unspecified atom stereocenters. The number of hydrogen-bond donors (Lipinski definition) is 6. The van der Waals surface area contributed by atoms with Crippen molar-refractivity contribution in [2.45, 2.75) is 275 Å². The van der Waals surface area contributed by atoms with Gasteiger partial charge in [-0.3, -0.25) is 4.79 Å². The number of amides is 1. The van der Waals surface area contributed by atoms with Gasteiger partial charge < -0.3 is 40.3 Å². The number of allylic oxidation sites excluding steroid dienone is 6. The quantitative estimate of drug-likeness (QED) is 0.0262. The van der Waals surface area contributed by atoms with Gasteiger partial charge in [0.05, 0.1) is 25.4 Å². The van der Waals surface area contributed by atoms with E-state index in [0.29, 0.717) is 12.8 Å². The molecule has 358 valence electrons. The van der Waals surface area contributed by atoms with Crippen molar-refractivity contribution >= 4 is 5.91 Å². The number of ether oxygens (including phenoxy) is 2. The van der Waals surface area contributed by atoms with Crippen LogP contribution >= 0.6 is 0 Å². The molecule has 1 aliphatic heterocycles. The minimum atomic E-state index is -1.55. The van der Waals surface area contributed by atoms with Crippen molar-refractivity contribution in [1.82, 2.24) is 5.32 Å². The SMILES string of the molecule is CCCCCCC/C=C\C/C=C\C/C=C\CCCCCCCCCCCCC(=O)NC(COC1OC(CO)C(O)C(O)C1O)C(O)CCCCCCCCCCCCCCC. The van der Waals surface area contributed by atoms with E-state index in [1.165, 1.54) is 154 Å². The Bertz CT molecular complexity index is 1050. The Morgan fingerprint density at radius 1 is 0.557 bits per heavy atom. The highest BCUT2D eigenvalue weighted by molar-refractivity contribution is 5.76. The summed E-state index contributed by atoms with van der Waals surface area (Å²) in [4.78, 5) is 13.0. The van der Waals surface area contributed by atoms with E-state index >= 15 is 0 Å². The minimum absolute atomic E-state index is 0.139. The number of unbranched alkanes of at least 4 members (excludes halogenated alkanes) is 27. The zero-order valence-electron chi connectivity index (χ0n) is 39.4. The maximum atomic E-state index is 13.0. The van der Waals surface area contributed by atoms with E-state index < -0.39 is 49.5 Å². The zero-order chi connectivity index (χ0) is 44.4. The van der Waals surface area contributed by atoms with E-state index in [0.717, 1.165) is 51.4 Å². The first-order valence-electron chi connectivity index (χ1n) is 25.7. The molecule has 1 rings (SSSR count). The van der Waals surface area contributed by atoms with Crippen LogP contribution in [0.3, 0.4) is 0 Å². The minimum Gasteiger partial charge on any atom is -0.394 e. The van der Waals surface area contributed by atoms with Gasteiger partial charge in [-0.1, -0.05) is 211 Å². The smallest absolute Gasteiger partial charge is 0.220 e. The van der Waals surface area contributed by atoms with Gasteiger partial charge in [0.25, 0.3) is 0 Å². The van der Waals surface area contributed by atoms with Crippen molar-refractivity contribution in [2.75, 3.05) is 13.2 Å². The standard InChI is InChI=1S/C52H97NO8/c1-3-5-7-9-11-13-15-17-18-19-20-21-22-23-24-25-26-27-28-30-32-34-36-38-40-42-48(56)53-45(44-60-52-51(59)50(58)49(57)47(43-54)61-52)46(55)41-39-37-35-33-31-29-16-14-12-10-8-6-4-2/h15,17,19-20,22-23,45-47,49-52,54-55,57-59H,3-14,16,18,21,24-44H2,1-2H3,(H,53,56)/b17-15-,20-19-,23-22-. The largest absolute Gasteiger partial charge is 0.394 e. The van der Waals surface area contributed by atoms with E-state index in [1.54, 1.807) is 0 Å². The third-order valence-corrected chi connectivity index (χ3v) is 12.2. The van der Waals surface area contributed by atoms with Crippen molar-refractivity contribution in [3.63, 3.8) is 0 Å². The van der Waals surface area contributed by atoms with Crippen LogP contribution in [-0.2, 0) is 14.3 Å². The van der Waals surface area contributed by atoms with Crippen LogP contribution in [0.25, 0.3) is 0 Å². The summed E-state index contributed by atoms with van der Waals surface area (Å²) in [6.45, 7) is 3.82. The van der Waals surface area contributed by atoms with Gasteiger partial charge in [-0.15, -0.1) is 0 Å². The summed E-state index contributed by atoms with van der Waals surface area (Å²) in [6.07, 6.45) is 45.8. The molecule has 9 nitrogen and oxygen atoms in total. The van der Waals surface area contributed by atoms with E-state index in [4.69, 9.17) is 9.47 Å². The molecule has 0 aliphatic carbocycles. The van der Waals surface area contributed by atoms with Crippen molar-refractivity contribution in [1.29, 1.82) is 0 Å². The maximum absolute atomic E-state index is 13.0. The Balaban J connectivity index is 2.23. The first-order valence-corrected chi connectivity index (χ1v) is 25.7. The molecule has 1 fully saturated rings. The molecule has 1 saturated heterocycles. The summed E-state index contributed by atoms with van der Waals surface area (Å²) >= 11 is 0. The summed E-state index contributed by atoms with van der Waals surface area (Å²) in [5, 5.41) is 54.4. The van der Waals surface area contributed by atoms with Crippen LogP contribution in [0.5, 0.6) is 0 Å². The molecule has 1 amide bonds. The van der Waals surface area contributed by atoms with Gasteiger partial charge >= 0.3 is 0 Å². The topological polar surface area (TPSA) is 149 Å². The molecule has 7 atom stereocenters. The Morgan fingerprint density at radius 2 is 0.967 bits per heavy atom. The normalized spacial score (nSPS) is 20.7. The second-order valence-corrected chi connectivity index (χ2v) is 18.0. The highest BCUT2D eigenvalue weighted by Crippen LogP contribution is 2.23. The molecule has 1 heterocycles. The highest BCUT2D eigenvalue weighted by Gasteiger charge is 2.44. The summed E-state index contributed by atoms with van der Waals surface area (Å²) in [5.74, 6) is -0.148. The van der Waals surface area contributed by atoms with Crippen LogP contribution < -0.4 is 5.32 Å². The fourth-order valence-electron chi connectivity index (χ4n) is 8.11. The first-order chi connectivity index (χ1) is 29.8. The molecule has 0 aromatic heterocycles. The Kier molecular flexibility index (Phi) is 39.9. The van der Waals surface area contributed by atoms with Gasteiger partial charge in [0, 0.05) is 6.42 Å². The summed E-state index contributed by atoms with van der Waals surface area (Å²) in [7, 11) is 0. The predicted octanol–water partition coefficient (Wildman–Crippen LogP) is 11.6. The Morgan fingerprint density at radius 3 is 1.43 bits per heavy atom. The van der Waals surface area contributed by atoms with Crippen LogP contribution in [0.15, 0.2) is 36.5 Å². The molecule has 0 aromatic rings. The second-order valence-electron chi connectivity index (χ2n) is 18.0. The van der Waals surface area contributed by atoms with E-state index in [1.807, 2.05) is 0 Å². The van der Waals surface area contributed by atoms with Gasteiger partial charge in [-0.25, -0.2) is 0 Å². The van der Waals surface area contributed by atoms with Gasteiger partial charge in [0.1, 0.15) is 24.4 Å². The van der Waals surface area contributed by atoms with Crippen LogP contribution in [0.4, 0.5) is 0 Å². The third-order valence-electron chi connectivity index (χ3n) is 12.2. The highest BCUT2D eigenvalue weighted by atomic mass is 16.7. The number of rotatable bonds is 43. The second kappa shape index (κ2) is 42.4. The van der Waals surface area contributed by atoms with E-state index in [-0.39, 0.29) is 12.5 Å². The number of carbonyl (C=O) groups is 1. The Labute approximate surface area is 374 Å².